The van der Waals surface area contributed by atoms with Gasteiger partial charge >= 0.3 is 0 Å². The van der Waals surface area contributed by atoms with E-state index >= 15 is 0 Å². The molecule has 1 aromatic rings. The van der Waals surface area contributed by atoms with Crippen LogP contribution in [0.2, 0.25) is 0 Å². The number of carbonyl (C=O) groups excluding carboxylic acids is 1. The summed E-state index contributed by atoms with van der Waals surface area (Å²) in [5.41, 5.74) is 6.27. The van der Waals surface area contributed by atoms with Gasteiger partial charge in [0.05, 0.1) is 12.6 Å². The number of nitrogens with zero attached hydrogens (tertiary/aromatic N) is 1. The first-order valence-corrected chi connectivity index (χ1v) is 8.14. The molecule has 1 aromatic heterocycles. The van der Waals surface area contributed by atoms with Crippen LogP contribution in [0.5, 0.6) is 0 Å². The van der Waals surface area contributed by atoms with Crippen molar-refractivity contribution in [3.63, 3.8) is 0 Å². The number of thiophene rings is 1. The van der Waals surface area contributed by atoms with E-state index in [0.717, 1.165) is 17.4 Å². The third kappa shape index (κ3) is 4.56. The largest absolute Gasteiger partial charge is 0.358 e. The third-order valence-corrected chi connectivity index (χ3v) is 4.95. The molecule has 0 aliphatic rings. The number of hydrogen-bond donors (Lipinski definition) is 2. The van der Waals surface area contributed by atoms with E-state index in [4.69, 9.17) is 5.73 Å². The standard InChI is InChI=1S/C13H22BrN3OS/c1-4-10(15)13(11-6-9(14)8-19-11)17(5-2)7-12(18)16-3/h6,8,10,13H,4-5,7,15H2,1-3H3,(H,16,18). The fourth-order valence-electron chi connectivity index (χ4n) is 2.04. The lowest BCUT2D eigenvalue weighted by molar-refractivity contribution is -0.122. The Balaban J connectivity index is 2.97. The summed E-state index contributed by atoms with van der Waals surface area (Å²) in [7, 11) is 1.66. The van der Waals surface area contributed by atoms with Gasteiger partial charge in [-0.05, 0) is 35.0 Å². The van der Waals surface area contributed by atoms with Gasteiger partial charge < -0.3 is 11.1 Å². The zero-order valence-electron chi connectivity index (χ0n) is 11.6. The Labute approximate surface area is 127 Å². The van der Waals surface area contributed by atoms with E-state index in [1.54, 1.807) is 18.4 Å². The molecular weight excluding hydrogens is 326 g/mol. The minimum atomic E-state index is 0.0192. The van der Waals surface area contributed by atoms with E-state index in [9.17, 15) is 4.79 Å². The number of hydrogen-bond acceptors (Lipinski definition) is 4. The van der Waals surface area contributed by atoms with Crippen molar-refractivity contribution < 1.29 is 4.79 Å². The first kappa shape index (κ1) is 16.6. The second-order valence-electron chi connectivity index (χ2n) is 4.42. The fraction of sp³-hybridized carbons (Fsp3) is 0.615. The van der Waals surface area contributed by atoms with Gasteiger partial charge in [0, 0.05) is 27.8 Å². The van der Waals surface area contributed by atoms with Crippen molar-refractivity contribution in [2.75, 3.05) is 20.1 Å². The zero-order valence-corrected chi connectivity index (χ0v) is 14.1. The van der Waals surface area contributed by atoms with Crippen LogP contribution in [0.3, 0.4) is 0 Å². The van der Waals surface area contributed by atoms with Crippen LogP contribution < -0.4 is 11.1 Å². The maximum Gasteiger partial charge on any atom is 0.233 e. The molecule has 3 N–H and O–H groups in total. The molecule has 0 aliphatic heterocycles. The van der Waals surface area contributed by atoms with Crippen molar-refractivity contribution >= 4 is 33.2 Å². The van der Waals surface area contributed by atoms with Gasteiger partial charge in [0.25, 0.3) is 0 Å². The van der Waals surface area contributed by atoms with Gasteiger partial charge in [-0.3, -0.25) is 9.69 Å². The highest BCUT2D eigenvalue weighted by molar-refractivity contribution is 9.10. The van der Waals surface area contributed by atoms with Crippen molar-refractivity contribution in [3.8, 4) is 0 Å². The molecule has 2 unspecified atom stereocenters. The topological polar surface area (TPSA) is 58.4 Å². The van der Waals surface area contributed by atoms with Crippen LogP contribution in [-0.2, 0) is 4.79 Å². The lowest BCUT2D eigenvalue weighted by Gasteiger charge is -2.33. The van der Waals surface area contributed by atoms with Crippen LogP contribution >= 0.6 is 27.3 Å². The van der Waals surface area contributed by atoms with Crippen molar-refractivity contribution in [2.24, 2.45) is 5.73 Å². The Bertz CT molecular complexity index is 410. The van der Waals surface area contributed by atoms with Crippen molar-refractivity contribution in [3.05, 3.63) is 20.8 Å². The lowest BCUT2D eigenvalue weighted by atomic mass is 10.0. The number of rotatable bonds is 7. The first-order valence-electron chi connectivity index (χ1n) is 6.47. The number of amides is 1. The van der Waals surface area contributed by atoms with E-state index in [1.165, 1.54) is 4.88 Å². The van der Waals surface area contributed by atoms with Crippen LogP contribution in [0, 0.1) is 0 Å². The number of likely N-dealkylation sites (N-methyl/N-ethyl adjacent to an activating group) is 2. The predicted octanol–water partition coefficient (Wildman–Crippen LogP) is 2.36. The van der Waals surface area contributed by atoms with E-state index in [0.29, 0.717) is 6.54 Å². The molecule has 0 radical (unpaired) electrons. The minimum absolute atomic E-state index is 0.0192. The van der Waals surface area contributed by atoms with Crippen molar-refractivity contribution in [1.82, 2.24) is 10.2 Å². The van der Waals surface area contributed by atoms with Gasteiger partial charge in [-0.1, -0.05) is 13.8 Å². The summed E-state index contributed by atoms with van der Waals surface area (Å²) < 4.78 is 1.07. The molecule has 0 aromatic carbocycles. The molecule has 2 atom stereocenters. The Morgan fingerprint density at radius 1 is 1.58 bits per heavy atom. The number of carbonyl (C=O) groups is 1. The van der Waals surface area contributed by atoms with Gasteiger partial charge in [-0.25, -0.2) is 0 Å². The summed E-state index contributed by atoms with van der Waals surface area (Å²) in [4.78, 5) is 15.0. The smallest absolute Gasteiger partial charge is 0.233 e. The maximum atomic E-state index is 11.6. The summed E-state index contributed by atoms with van der Waals surface area (Å²) in [5.74, 6) is 0.0192. The monoisotopic (exact) mass is 347 g/mol. The second-order valence-corrected chi connectivity index (χ2v) is 6.28. The lowest BCUT2D eigenvalue weighted by Crippen LogP contribution is -2.44. The first-order chi connectivity index (χ1) is 9.03. The molecule has 6 heteroatoms. The summed E-state index contributed by atoms with van der Waals surface area (Å²) in [6, 6.07) is 2.20. The second kappa shape index (κ2) is 7.99. The van der Waals surface area contributed by atoms with E-state index in [1.807, 2.05) is 0 Å². The summed E-state index contributed by atoms with van der Waals surface area (Å²) in [5, 5.41) is 4.72. The number of nitrogens with two attached hydrogens (primary N) is 1. The normalized spacial score (nSPS) is 14.4. The zero-order chi connectivity index (χ0) is 14.4. The average molecular weight is 348 g/mol. The maximum absolute atomic E-state index is 11.6. The highest BCUT2D eigenvalue weighted by atomic mass is 79.9. The predicted molar refractivity (Wildman–Crippen MR) is 84.3 cm³/mol. The van der Waals surface area contributed by atoms with Crippen LogP contribution in [-0.4, -0.2) is 37.0 Å². The van der Waals surface area contributed by atoms with Crippen LogP contribution in [0.15, 0.2) is 15.9 Å². The van der Waals surface area contributed by atoms with Gasteiger partial charge in [-0.15, -0.1) is 11.3 Å². The number of nitrogens with one attached hydrogen (secondary N) is 1. The Morgan fingerprint density at radius 3 is 2.68 bits per heavy atom. The SMILES string of the molecule is CCC(N)C(c1cc(Br)cs1)N(CC)CC(=O)NC. The average Bonchev–Trinajstić information content (AvgIpc) is 2.83. The minimum Gasteiger partial charge on any atom is -0.358 e. The van der Waals surface area contributed by atoms with E-state index in [-0.39, 0.29) is 18.0 Å². The summed E-state index contributed by atoms with van der Waals surface area (Å²) in [6.45, 7) is 5.30. The van der Waals surface area contributed by atoms with Gasteiger partial charge in [0.2, 0.25) is 5.91 Å². The Hall–Kier alpha value is -0.430. The molecule has 0 aliphatic carbocycles. The quantitative estimate of drug-likeness (QED) is 0.795. The molecular formula is C13H22BrN3OS. The third-order valence-electron chi connectivity index (χ3n) is 3.18. The molecule has 1 heterocycles. The molecule has 1 amide bonds. The Morgan fingerprint density at radius 2 is 2.26 bits per heavy atom. The van der Waals surface area contributed by atoms with E-state index in [2.05, 4.69) is 51.4 Å². The molecule has 108 valence electrons. The van der Waals surface area contributed by atoms with Gasteiger partial charge in [0.15, 0.2) is 0 Å². The molecule has 0 saturated heterocycles. The van der Waals surface area contributed by atoms with Gasteiger partial charge in [-0.2, -0.15) is 0 Å². The fourth-order valence-corrected chi connectivity index (χ4v) is 3.69. The molecule has 0 saturated carbocycles. The summed E-state index contributed by atoms with van der Waals surface area (Å²) >= 11 is 5.16. The molecule has 19 heavy (non-hydrogen) atoms. The summed E-state index contributed by atoms with van der Waals surface area (Å²) in [6.07, 6.45) is 0.879. The Kier molecular flexibility index (Phi) is 6.99. The highest BCUT2D eigenvalue weighted by Gasteiger charge is 2.27. The van der Waals surface area contributed by atoms with E-state index < -0.39 is 0 Å². The van der Waals surface area contributed by atoms with Crippen LogP contribution in [0.4, 0.5) is 0 Å². The molecule has 0 spiro atoms. The van der Waals surface area contributed by atoms with Gasteiger partial charge in [0.1, 0.15) is 0 Å². The number of halogens is 1. The van der Waals surface area contributed by atoms with Crippen LogP contribution in [0.25, 0.3) is 0 Å². The molecule has 4 nitrogen and oxygen atoms in total. The molecule has 1 rings (SSSR count). The molecule has 0 fully saturated rings. The van der Waals surface area contributed by atoms with Crippen LogP contribution in [0.1, 0.15) is 31.2 Å². The molecule has 0 bridgehead atoms. The highest BCUT2D eigenvalue weighted by Crippen LogP contribution is 2.32. The van der Waals surface area contributed by atoms with Crippen molar-refractivity contribution in [1.29, 1.82) is 0 Å². The van der Waals surface area contributed by atoms with Crippen molar-refractivity contribution in [2.45, 2.75) is 32.4 Å².